The van der Waals surface area contributed by atoms with Crippen molar-refractivity contribution in [3.05, 3.63) is 28.2 Å². The van der Waals surface area contributed by atoms with Gasteiger partial charge in [-0.15, -0.1) is 0 Å². The number of piperidine rings is 1. The molecule has 1 saturated heterocycles. The minimum atomic E-state index is -3.49. The molecule has 0 bridgehead atoms. The van der Waals surface area contributed by atoms with Crippen LogP contribution in [0.15, 0.2) is 23.1 Å². The van der Waals surface area contributed by atoms with Crippen LogP contribution in [0.5, 0.6) is 0 Å². The lowest BCUT2D eigenvalue weighted by Gasteiger charge is -2.30. The second-order valence-corrected chi connectivity index (χ2v) is 8.33. The van der Waals surface area contributed by atoms with E-state index in [1.807, 2.05) is 4.90 Å². The van der Waals surface area contributed by atoms with Crippen molar-refractivity contribution < 1.29 is 13.2 Å². The number of halogens is 2. The minimum Gasteiger partial charge on any atom is -0.369 e. The first-order valence-corrected chi connectivity index (χ1v) is 9.40. The quantitative estimate of drug-likeness (QED) is 0.865. The third-order valence-corrected chi connectivity index (χ3v) is 6.30. The number of carbonyl (C=O) groups excluding carboxylic acids is 1. The summed E-state index contributed by atoms with van der Waals surface area (Å²) in [6.07, 6.45) is 1.35. The molecule has 8 heteroatoms. The first-order valence-electron chi connectivity index (χ1n) is 6.99. The first-order chi connectivity index (χ1) is 10.3. The molecule has 1 fully saturated rings. The third-order valence-electron chi connectivity index (χ3n) is 3.89. The van der Waals surface area contributed by atoms with Crippen LogP contribution in [0.3, 0.4) is 0 Å². The van der Waals surface area contributed by atoms with Crippen LogP contribution in [0, 0.1) is 5.92 Å². The standard InChI is InChI=1S/C14H18Cl2N2O3S/c15-11-1-2-12(16)13(9-11)22(20,21)8-7-18-5-3-10(4-6-18)14(17)19/h1-2,9-10H,3-8H2,(H2,17,19). The smallest absolute Gasteiger partial charge is 0.220 e. The fraction of sp³-hybridized carbons (Fsp3) is 0.500. The third kappa shape index (κ3) is 4.35. The number of sulfone groups is 1. The van der Waals surface area contributed by atoms with Crippen molar-refractivity contribution in [2.75, 3.05) is 25.4 Å². The van der Waals surface area contributed by atoms with E-state index in [0.29, 0.717) is 37.5 Å². The summed E-state index contributed by atoms with van der Waals surface area (Å²) in [7, 11) is -3.49. The zero-order chi connectivity index (χ0) is 16.3. The number of amides is 1. The molecule has 0 atom stereocenters. The Bertz CT molecular complexity index is 656. The summed E-state index contributed by atoms with van der Waals surface area (Å²) >= 11 is 11.8. The normalized spacial score (nSPS) is 17.5. The molecule has 0 spiro atoms. The summed E-state index contributed by atoms with van der Waals surface area (Å²) in [5.74, 6) is -0.415. The molecular weight excluding hydrogens is 347 g/mol. The molecule has 5 nitrogen and oxygen atoms in total. The maximum atomic E-state index is 12.4. The number of carbonyl (C=O) groups is 1. The number of nitrogens with zero attached hydrogens (tertiary/aromatic N) is 1. The van der Waals surface area contributed by atoms with Crippen molar-refractivity contribution in [3.8, 4) is 0 Å². The van der Waals surface area contributed by atoms with Gasteiger partial charge >= 0.3 is 0 Å². The maximum absolute atomic E-state index is 12.4. The molecule has 0 saturated carbocycles. The van der Waals surface area contributed by atoms with Gasteiger partial charge in [0.15, 0.2) is 9.84 Å². The van der Waals surface area contributed by atoms with E-state index in [1.54, 1.807) is 6.07 Å². The molecule has 122 valence electrons. The molecule has 1 aromatic carbocycles. The molecule has 1 amide bonds. The fourth-order valence-corrected chi connectivity index (χ4v) is 4.61. The molecule has 22 heavy (non-hydrogen) atoms. The summed E-state index contributed by atoms with van der Waals surface area (Å²) in [6.45, 7) is 1.75. The lowest BCUT2D eigenvalue weighted by molar-refractivity contribution is -0.123. The zero-order valence-corrected chi connectivity index (χ0v) is 14.3. The Labute approximate surface area is 140 Å². The second-order valence-electron chi connectivity index (χ2n) is 5.41. The van der Waals surface area contributed by atoms with Gasteiger partial charge in [-0.05, 0) is 44.1 Å². The van der Waals surface area contributed by atoms with Gasteiger partial charge in [0.25, 0.3) is 0 Å². The highest BCUT2D eigenvalue weighted by atomic mass is 35.5. The average molecular weight is 365 g/mol. The van der Waals surface area contributed by atoms with Crippen molar-refractivity contribution in [1.29, 1.82) is 0 Å². The SMILES string of the molecule is NC(=O)C1CCN(CCS(=O)(=O)c2cc(Cl)ccc2Cl)CC1. The van der Waals surface area contributed by atoms with Crippen LogP contribution in [-0.4, -0.2) is 44.6 Å². The number of nitrogens with two attached hydrogens (primary N) is 1. The van der Waals surface area contributed by atoms with Crippen molar-refractivity contribution in [2.45, 2.75) is 17.7 Å². The van der Waals surface area contributed by atoms with Gasteiger partial charge < -0.3 is 10.6 Å². The number of hydrogen-bond acceptors (Lipinski definition) is 4. The summed E-state index contributed by atoms with van der Waals surface area (Å²) in [6, 6.07) is 4.41. The van der Waals surface area contributed by atoms with Crippen molar-refractivity contribution in [2.24, 2.45) is 11.7 Å². The lowest BCUT2D eigenvalue weighted by atomic mass is 9.96. The van der Waals surface area contributed by atoms with Crippen molar-refractivity contribution in [1.82, 2.24) is 4.90 Å². The number of rotatable bonds is 5. The number of likely N-dealkylation sites (tertiary alicyclic amines) is 1. The van der Waals surface area contributed by atoms with Gasteiger partial charge in [0.2, 0.25) is 5.91 Å². The minimum absolute atomic E-state index is 0.0334. The summed E-state index contributed by atoms with van der Waals surface area (Å²) in [4.78, 5) is 13.2. The van der Waals surface area contributed by atoms with Crippen LogP contribution in [0.1, 0.15) is 12.8 Å². The first kappa shape index (κ1) is 17.5. The van der Waals surface area contributed by atoms with E-state index in [2.05, 4.69) is 0 Å². The van der Waals surface area contributed by atoms with Gasteiger partial charge in [0, 0.05) is 17.5 Å². The molecule has 0 aromatic heterocycles. The largest absolute Gasteiger partial charge is 0.369 e. The average Bonchev–Trinajstić information content (AvgIpc) is 2.48. The van der Waals surface area contributed by atoms with E-state index in [-0.39, 0.29) is 27.5 Å². The second kappa shape index (κ2) is 7.17. The Morgan fingerprint density at radius 1 is 1.27 bits per heavy atom. The molecule has 0 radical (unpaired) electrons. The Morgan fingerprint density at radius 2 is 1.91 bits per heavy atom. The monoisotopic (exact) mass is 364 g/mol. The van der Waals surface area contributed by atoms with Gasteiger partial charge in [-0.1, -0.05) is 23.2 Å². The molecule has 1 aliphatic heterocycles. The molecule has 0 aliphatic carbocycles. The molecule has 1 aromatic rings. The highest BCUT2D eigenvalue weighted by Crippen LogP contribution is 2.26. The zero-order valence-electron chi connectivity index (χ0n) is 12.0. The highest BCUT2D eigenvalue weighted by Gasteiger charge is 2.25. The van der Waals surface area contributed by atoms with Crippen molar-refractivity contribution >= 4 is 38.9 Å². The maximum Gasteiger partial charge on any atom is 0.220 e. The van der Waals surface area contributed by atoms with Crippen LogP contribution < -0.4 is 5.73 Å². The van der Waals surface area contributed by atoms with Gasteiger partial charge in [-0.2, -0.15) is 0 Å². The summed E-state index contributed by atoms with van der Waals surface area (Å²) < 4.78 is 24.8. The van der Waals surface area contributed by atoms with E-state index < -0.39 is 9.84 Å². The predicted molar refractivity (Wildman–Crippen MR) is 86.9 cm³/mol. The van der Waals surface area contributed by atoms with E-state index in [4.69, 9.17) is 28.9 Å². The topological polar surface area (TPSA) is 80.5 Å². The predicted octanol–water partition coefficient (Wildman–Crippen LogP) is 1.96. The van der Waals surface area contributed by atoms with Gasteiger partial charge in [-0.25, -0.2) is 8.42 Å². The number of primary amides is 1. The van der Waals surface area contributed by atoms with Crippen LogP contribution in [0.2, 0.25) is 10.0 Å². The van der Waals surface area contributed by atoms with E-state index in [9.17, 15) is 13.2 Å². The Morgan fingerprint density at radius 3 is 2.50 bits per heavy atom. The van der Waals surface area contributed by atoms with Crippen LogP contribution >= 0.6 is 23.2 Å². The highest BCUT2D eigenvalue weighted by molar-refractivity contribution is 7.91. The van der Waals surface area contributed by atoms with Gasteiger partial charge in [0.05, 0.1) is 15.7 Å². The fourth-order valence-electron chi connectivity index (χ4n) is 2.52. The van der Waals surface area contributed by atoms with Crippen molar-refractivity contribution in [3.63, 3.8) is 0 Å². The molecule has 1 aliphatic rings. The number of benzene rings is 1. The molecular formula is C14H18Cl2N2O3S. The molecule has 0 unspecified atom stereocenters. The number of hydrogen-bond donors (Lipinski definition) is 1. The van der Waals surface area contributed by atoms with Gasteiger partial charge in [0.1, 0.15) is 0 Å². The van der Waals surface area contributed by atoms with E-state index in [0.717, 1.165) is 0 Å². The lowest BCUT2D eigenvalue weighted by Crippen LogP contribution is -2.40. The molecule has 1 heterocycles. The molecule has 2 N–H and O–H groups in total. The Balaban J connectivity index is 1.96. The van der Waals surface area contributed by atoms with E-state index >= 15 is 0 Å². The van der Waals surface area contributed by atoms with Crippen LogP contribution in [0.4, 0.5) is 0 Å². The summed E-state index contributed by atoms with van der Waals surface area (Å²) in [5.41, 5.74) is 5.28. The van der Waals surface area contributed by atoms with E-state index in [1.165, 1.54) is 12.1 Å². The van der Waals surface area contributed by atoms with Gasteiger partial charge in [-0.3, -0.25) is 4.79 Å². The Kier molecular flexibility index (Phi) is 5.71. The summed E-state index contributed by atoms with van der Waals surface area (Å²) in [5, 5.41) is 0.516. The molecule has 2 rings (SSSR count). The van der Waals surface area contributed by atoms with Crippen LogP contribution in [-0.2, 0) is 14.6 Å². The Hall–Kier alpha value is -0.820. The van der Waals surface area contributed by atoms with Crippen LogP contribution in [0.25, 0.3) is 0 Å².